The molecule has 0 spiro atoms. The largest absolute Gasteiger partial charge is 0.468 e. The minimum absolute atomic E-state index is 0.418. The summed E-state index contributed by atoms with van der Waals surface area (Å²) in [7, 11) is 2.68. The van der Waals surface area contributed by atoms with Crippen LogP contribution in [0, 0.1) is 17.3 Å². The van der Waals surface area contributed by atoms with Crippen molar-refractivity contribution in [1.29, 1.82) is 0 Å². The van der Waals surface area contributed by atoms with Gasteiger partial charge in [-0.1, -0.05) is 25.7 Å². The van der Waals surface area contributed by atoms with Crippen molar-refractivity contribution in [2.75, 3.05) is 14.2 Å². The first-order valence-electron chi connectivity index (χ1n) is 6.31. The summed E-state index contributed by atoms with van der Waals surface area (Å²) in [6.07, 6.45) is 5.88. The van der Waals surface area contributed by atoms with Gasteiger partial charge in [0, 0.05) is 0 Å². The fourth-order valence-corrected chi connectivity index (χ4v) is 3.61. The van der Waals surface area contributed by atoms with Crippen LogP contribution in [0.1, 0.15) is 38.5 Å². The van der Waals surface area contributed by atoms with E-state index in [2.05, 4.69) is 0 Å². The second-order valence-corrected chi connectivity index (χ2v) is 5.28. The van der Waals surface area contributed by atoms with E-state index in [1.165, 1.54) is 27.1 Å². The molecule has 0 saturated heterocycles. The average molecular weight is 240 g/mol. The van der Waals surface area contributed by atoms with Crippen LogP contribution in [0.4, 0.5) is 0 Å². The number of carbonyl (C=O) groups is 2. The summed E-state index contributed by atoms with van der Waals surface area (Å²) in [5.41, 5.74) is -1.02. The molecule has 0 N–H and O–H groups in total. The quantitative estimate of drug-likeness (QED) is 0.546. The maximum absolute atomic E-state index is 12.0. The highest BCUT2D eigenvalue weighted by Crippen LogP contribution is 2.52. The maximum atomic E-state index is 12.0. The van der Waals surface area contributed by atoms with Gasteiger partial charge in [-0.25, -0.2) is 0 Å². The predicted octanol–water partition coefficient (Wildman–Crippen LogP) is 1.92. The first-order valence-corrected chi connectivity index (χ1v) is 6.31. The summed E-state index contributed by atoms with van der Waals surface area (Å²) in [4.78, 5) is 23.9. The minimum atomic E-state index is -1.02. The Kier molecular flexibility index (Phi) is 3.40. The molecule has 0 aromatic rings. The Morgan fingerprint density at radius 2 is 1.35 bits per heavy atom. The highest BCUT2D eigenvalue weighted by atomic mass is 16.5. The fourth-order valence-electron chi connectivity index (χ4n) is 3.61. The lowest BCUT2D eigenvalue weighted by Gasteiger charge is -2.23. The van der Waals surface area contributed by atoms with Gasteiger partial charge < -0.3 is 9.47 Å². The van der Waals surface area contributed by atoms with Crippen molar-refractivity contribution >= 4 is 11.9 Å². The van der Waals surface area contributed by atoms with E-state index in [1.807, 2.05) is 0 Å². The highest BCUT2D eigenvalue weighted by Gasteiger charge is 2.57. The molecular formula is C13H20O4. The zero-order chi connectivity index (χ0) is 12.5. The van der Waals surface area contributed by atoms with E-state index in [-0.39, 0.29) is 0 Å². The molecule has 0 radical (unpaired) electrons. The van der Waals surface area contributed by atoms with Crippen molar-refractivity contribution in [3.8, 4) is 0 Å². The second-order valence-electron chi connectivity index (χ2n) is 5.28. The minimum Gasteiger partial charge on any atom is -0.468 e. The number of fused-ring (bicyclic) bond motifs is 1. The van der Waals surface area contributed by atoms with Gasteiger partial charge in [0.2, 0.25) is 0 Å². The van der Waals surface area contributed by atoms with E-state index >= 15 is 0 Å². The van der Waals surface area contributed by atoms with Gasteiger partial charge in [-0.15, -0.1) is 0 Å². The van der Waals surface area contributed by atoms with Crippen LogP contribution >= 0.6 is 0 Å². The van der Waals surface area contributed by atoms with Crippen molar-refractivity contribution < 1.29 is 19.1 Å². The van der Waals surface area contributed by atoms with Gasteiger partial charge >= 0.3 is 11.9 Å². The molecule has 0 aromatic carbocycles. The third kappa shape index (κ3) is 1.94. The lowest BCUT2D eigenvalue weighted by atomic mass is 9.82. The van der Waals surface area contributed by atoms with Crippen LogP contribution in [-0.2, 0) is 19.1 Å². The van der Waals surface area contributed by atoms with Gasteiger partial charge in [0.1, 0.15) is 0 Å². The molecule has 2 atom stereocenters. The molecule has 0 bridgehead atoms. The highest BCUT2D eigenvalue weighted by molar-refractivity contribution is 6.00. The van der Waals surface area contributed by atoms with Crippen molar-refractivity contribution in [2.45, 2.75) is 38.5 Å². The SMILES string of the molecule is COC(=O)C1(C(=O)OC)C[C@@H]2CCCC[C@H]2C1. The molecule has 0 aromatic heterocycles. The van der Waals surface area contributed by atoms with Crippen LogP contribution in [0.3, 0.4) is 0 Å². The third-order valence-electron chi connectivity index (χ3n) is 4.44. The lowest BCUT2D eigenvalue weighted by molar-refractivity contribution is -0.169. The molecule has 4 nitrogen and oxygen atoms in total. The number of methoxy groups -OCH3 is 2. The van der Waals surface area contributed by atoms with Gasteiger partial charge in [-0.05, 0) is 24.7 Å². The van der Waals surface area contributed by atoms with Gasteiger partial charge in [-0.2, -0.15) is 0 Å². The van der Waals surface area contributed by atoms with Crippen LogP contribution in [-0.4, -0.2) is 26.2 Å². The average Bonchev–Trinajstić information content (AvgIpc) is 2.77. The summed E-state index contributed by atoms with van der Waals surface area (Å²) in [6, 6.07) is 0. The summed E-state index contributed by atoms with van der Waals surface area (Å²) in [5, 5.41) is 0. The van der Waals surface area contributed by atoms with E-state index in [9.17, 15) is 9.59 Å². The molecular weight excluding hydrogens is 220 g/mol. The van der Waals surface area contributed by atoms with Crippen LogP contribution < -0.4 is 0 Å². The first kappa shape index (κ1) is 12.4. The molecule has 4 heteroatoms. The Balaban J connectivity index is 2.24. The molecule has 96 valence electrons. The first-order chi connectivity index (χ1) is 8.14. The van der Waals surface area contributed by atoms with Crippen LogP contribution in [0.5, 0.6) is 0 Å². The molecule has 2 aliphatic carbocycles. The molecule has 2 saturated carbocycles. The Morgan fingerprint density at radius 1 is 0.941 bits per heavy atom. The molecule has 0 aliphatic heterocycles. The van der Waals surface area contributed by atoms with Crippen molar-refractivity contribution in [1.82, 2.24) is 0 Å². The van der Waals surface area contributed by atoms with E-state index < -0.39 is 17.4 Å². The predicted molar refractivity (Wildman–Crippen MR) is 61.1 cm³/mol. The molecule has 0 heterocycles. The Labute approximate surface area is 102 Å². The molecule has 17 heavy (non-hydrogen) atoms. The number of esters is 2. The zero-order valence-electron chi connectivity index (χ0n) is 10.5. The smallest absolute Gasteiger partial charge is 0.323 e. The maximum Gasteiger partial charge on any atom is 0.323 e. The standard InChI is InChI=1S/C13H20O4/c1-16-11(14)13(12(15)17-2)7-9-5-3-4-6-10(9)8-13/h9-10H,3-8H2,1-2H3/t9-,10-/m0/s1. The van der Waals surface area contributed by atoms with Crippen molar-refractivity contribution in [3.63, 3.8) is 0 Å². The van der Waals surface area contributed by atoms with Crippen LogP contribution in [0.15, 0.2) is 0 Å². The van der Waals surface area contributed by atoms with Crippen LogP contribution in [0.25, 0.3) is 0 Å². The molecule has 0 unspecified atom stereocenters. The van der Waals surface area contributed by atoms with Crippen molar-refractivity contribution in [2.24, 2.45) is 17.3 Å². The number of carbonyl (C=O) groups excluding carboxylic acids is 2. The van der Waals surface area contributed by atoms with E-state index in [0.29, 0.717) is 24.7 Å². The van der Waals surface area contributed by atoms with E-state index in [0.717, 1.165) is 12.8 Å². The monoisotopic (exact) mass is 240 g/mol. The fraction of sp³-hybridized carbons (Fsp3) is 0.846. The topological polar surface area (TPSA) is 52.6 Å². The lowest BCUT2D eigenvalue weighted by Crippen LogP contribution is -2.39. The van der Waals surface area contributed by atoms with E-state index in [1.54, 1.807) is 0 Å². The summed E-state index contributed by atoms with van der Waals surface area (Å²) in [6.45, 7) is 0. The van der Waals surface area contributed by atoms with Crippen LogP contribution in [0.2, 0.25) is 0 Å². The zero-order valence-corrected chi connectivity index (χ0v) is 10.5. The van der Waals surface area contributed by atoms with Gasteiger partial charge in [0.05, 0.1) is 14.2 Å². The number of hydrogen-bond acceptors (Lipinski definition) is 4. The number of ether oxygens (including phenoxy) is 2. The van der Waals surface area contributed by atoms with Gasteiger partial charge in [-0.3, -0.25) is 9.59 Å². The molecule has 2 fully saturated rings. The summed E-state index contributed by atoms with van der Waals surface area (Å²) < 4.78 is 9.65. The third-order valence-corrected chi connectivity index (χ3v) is 4.44. The summed E-state index contributed by atoms with van der Waals surface area (Å²) in [5.74, 6) is 0.140. The second kappa shape index (κ2) is 4.67. The normalized spacial score (nSPS) is 30.5. The Hall–Kier alpha value is -1.06. The number of hydrogen-bond donors (Lipinski definition) is 0. The molecule has 0 amide bonds. The van der Waals surface area contributed by atoms with Crippen molar-refractivity contribution in [3.05, 3.63) is 0 Å². The molecule has 2 rings (SSSR count). The Bertz CT molecular complexity index is 291. The van der Waals surface area contributed by atoms with Gasteiger partial charge in [0.25, 0.3) is 0 Å². The number of rotatable bonds is 2. The van der Waals surface area contributed by atoms with Gasteiger partial charge in [0.15, 0.2) is 5.41 Å². The Morgan fingerprint density at radius 3 is 1.71 bits per heavy atom. The van der Waals surface area contributed by atoms with E-state index in [4.69, 9.17) is 9.47 Å². The summed E-state index contributed by atoms with van der Waals surface area (Å²) >= 11 is 0. The molecule has 2 aliphatic rings.